The fraction of sp³-hybridized carbons (Fsp3) is 0.556. The highest BCUT2D eigenvalue weighted by Crippen LogP contribution is 1.96. The van der Waals surface area contributed by atoms with Gasteiger partial charge in [-0.3, -0.25) is 0 Å². The molecule has 0 rings (SSSR count). The zero-order chi connectivity index (χ0) is 7.66. The number of rotatable bonds is 6. The Bertz CT molecular complexity index is 94.9. The summed E-state index contributed by atoms with van der Waals surface area (Å²) >= 11 is 0. The van der Waals surface area contributed by atoms with Crippen molar-refractivity contribution in [1.82, 2.24) is 0 Å². The Labute approximate surface area is 63.1 Å². The summed E-state index contributed by atoms with van der Waals surface area (Å²) in [7, 11) is 0. The van der Waals surface area contributed by atoms with Crippen LogP contribution in [0.3, 0.4) is 0 Å². The van der Waals surface area contributed by atoms with Crippen molar-refractivity contribution < 1.29 is 5.11 Å². The minimum atomic E-state index is 0.262. The van der Waals surface area contributed by atoms with Gasteiger partial charge in [0.25, 0.3) is 0 Å². The topological polar surface area (TPSA) is 20.2 Å². The summed E-state index contributed by atoms with van der Waals surface area (Å²) in [6.45, 7) is 3.89. The zero-order valence-corrected chi connectivity index (χ0v) is 6.42. The fourth-order valence-electron chi connectivity index (χ4n) is 0.690. The summed E-state index contributed by atoms with van der Waals surface area (Å²) in [5, 5.41) is 8.40. The van der Waals surface area contributed by atoms with Crippen molar-refractivity contribution in [2.24, 2.45) is 0 Å². The number of unbranched alkanes of at least 4 members (excludes halogenated alkanes) is 2. The Morgan fingerprint density at radius 3 is 2.40 bits per heavy atom. The van der Waals surface area contributed by atoms with E-state index in [9.17, 15) is 0 Å². The first-order chi connectivity index (χ1) is 4.91. The van der Waals surface area contributed by atoms with E-state index in [2.05, 4.69) is 12.7 Å². The summed E-state index contributed by atoms with van der Waals surface area (Å²) in [6.07, 6.45) is 10.2. The van der Waals surface area contributed by atoms with Gasteiger partial charge in [-0.15, -0.1) is 6.58 Å². The Kier molecular flexibility index (Phi) is 7.97. The van der Waals surface area contributed by atoms with Crippen LogP contribution in [0.5, 0.6) is 0 Å². The van der Waals surface area contributed by atoms with E-state index in [-0.39, 0.29) is 6.61 Å². The molecule has 1 N–H and O–H groups in total. The third-order valence-corrected chi connectivity index (χ3v) is 1.24. The highest BCUT2D eigenvalue weighted by molar-refractivity contribution is 4.82. The molecule has 0 aromatic carbocycles. The van der Waals surface area contributed by atoms with E-state index < -0.39 is 0 Å². The van der Waals surface area contributed by atoms with Crippen LogP contribution in [0.25, 0.3) is 0 Å². The van der Waals surface area contributed by atoms with Crippen molar-refractivity contribution in [2.75, 3.05) is 6.61 Å². The molecule has 58 valence electrons. The van der Waals surface area contributed by atoms with Gasteiger partial charge in [-0.2, -0.15) is 0 Å². The van der Waals surface area contributed by atoms with E-state index in [0.29, 0.717) is 0 Å². The van der Waals surface area contributed by atoms with Gasteiger partial charge in [-0.25, -0.2) is 0 Å². The molecule has 0 aromatic heterocycles. The predicted molar refractivity (Wildman–Crippen MR) is 44.9 cm³/mol. The second-order valence-electron chi connectivity index (χ2n) is 2.20. The maximum atomic E-state index is 8.40. The van der Waals surface area contributed by atoms with Crippen molar-refractivity contribution in [3.05, 3.63) is 24.8 Å². The SMILES string of the molecule is C=CCCC/C=C/CCO. The van der Waals surface area contributed by atoms with Gasteiger partial charge >= 0.3 is 0 Å². The molecule has 0 unspecified atom stereocenters. The molecule has 0 atom stereocenters. The molecule has 1 heteroatoms. The molecule has 0 radical (unpaired) electrons. The lowest BCUT2D eigenvalue weighted by atomic mass is 10.2. The van der Waals surface area contributed by atoms with Crippen LogP contribution in [-0.2, 0) is 0 Å². The van der Waals surface area contributed by atoms with Gasteiger partial charge in [0.15, 0.2) is 0 Å². The van der Waals surface area contributed by atoms with Crippen molar-refractivity contribution >= 4 is 0 Å². The molecule has 0 heterocycles. The van der Waals surface area contributed by atoms with Crippen LogP contribution in [0.15, 0.2) is 24.8 Å². The minimum absolute atomic E-state index is 0.262. The van der Waals surface area contributed by atoms with Gasteiger partial charge in [0.05, 0.1) is 0 Å². The zero-order valence-electron chi connectivity index (χ0n) is 6.42. The van der Waals surface area contributed by atoms with Crippen LogP contribution in [-0.4, -0.2) is 11.7 Å². The lowest BCUT2D eigenvalue weighted by Gasteiger charge is -1.88. The third-order valence-electron chi connectivity index (χ3n) is 1.24. The molecule has 0 aliphatic rings. The van der Waals surface area contributed by atoms with Crippen LogP contribution < -0.4 is 0 Å². The molecule has 0 aliphatic carbocycles. The molecule has 0 spiro atoms. The van der Waals surface area contributed by atoms with Crippen LogP contribution in [0.1, 0.15) is 25.7 Å². The van der Waals surface area contributed by atoms with Gasteiger partial charge in [0.2, 0.25) is 0 Å². The number of hydrogen-bond donors (Lipinski definition) is 1. The molecule has 0 saturated heterocycles. The van der Waals surface area contributed by atoms with Crippen molar-refractivity contribution in [1.29, 1.82) is 0 Å². The Balaban J connectivity index is 2.94. The van der Waals surface area contributed by atoms with Crippen LogP contribution in [0.4, 0.5) is 0 Å². The Morgan fingerprint density at radius 1 is 1.10 bits per heavy atom. The third kappa shape index (κ3) is 7.44. The molecule has 1 nitrogen and oxygen atoms in total. The maximum absolute atomic E-state index is 8.40. The first-order valence-corrected chi connectivity index (χ1v) is 3.78. The molecule has 0 fully saturated rings. The number of allylic oxidation sites excluding steroid dienone is 2. The number of hydrogen-bond acceptors (Lipinski definition) is 1. The van der Waals surface area contributed by atoms with E-state index in [1.807, 2.05) is 12.2 Å². The Morgan fingerprint density at radius 2 is 1.80 bits per heavy atom. The second-order valence-corrected chi connectivity index (χ2v) is 2.20. The van der Waals surface area contributed by atoms with Crippen LogP contribution in [0, 0.1) is 0 Å². The number of aliphatic hydroxyl groups excluding tert-OH is 1. The van der Waals surface area contributed by atoms with Crippen LogP contribution >= 0.6 is 0 Å². The van der Waals surface area contributed by atoms with Gasteiger partial charge < -0.3 is 5.11 Å². The van der Waals surface area contributed by atoms with Crippen molar-refractivity contribution in [3.63, 3.8) is 0 Å². The lowest BCUT2D eigenvalue weighted by molar-refractivity contribution is 0.302. The van der Waals surface area contributed by atoms with Gasteiger partial charge in [-0.05, 0) is 25.7 Å². The van der Waals surface area contributed by atoms with E-state index >= 15 is 0 Å². The highest BCUT2D eigenvalue weighted by Gasteiger charge is 1.78. The molecule has 0 aromatic rings. The first-order valence-electron chi connectivity index (χ1n) is 3.78. The van der Waals surface area contributed by atoms with E-state index in [1.54, 1.807) is 0 Å². The molecule has 10 heavy (non-hydrogen) atoms. The largest absolute Gasteiger partial charge is 0.396 e. The van der Waals surface area contributed by atoms with Gasteiger partial charge in [0.1, 0.15) is 0 Å². The van der Waals surface area contributed by atoms with E-state index in [4.69, 9.17) is 5.11 Å². The van der Waals surface area contributed by atoms with E-state index in [1.165, 1.54) is 6.42 Å². The van der Waals surface area contributed by atoms with Crippen molar-refractivity contribution in [3.8, 4) is 0 Å². The van der Waals surface area contributed by atoms with Crippen molar-refractivity contribution in [2.45, 2.75) is 25.7 Å². The summed E-state index contributed by atoms with van der Waals surface area (Å²) in [5.41, 5.74) is 0. The molecule has 0 saturated carbocycles. The maximum Gasteiger partial charge on any atom is 0.0465 e. The average Bonchev–Trinajstić information content (AvgIpc) is 1.97. The van der Waals surface area contributed by atoms with Gasteiger partial charge in [0, 0.05) is 6.61 Å². The lowest BCUT2D eigenvalue weighted by Crippen LogP contribution is -1.75. The minimum Gasteiger partial charge on any atom is -0.396 e. The fourth-order valence-corrected chi connectivity index (χ4v) is 0.690. The highest BCUT2D eigenvalue weighted by atomic mass is 16.2. The molecule has 0 aliphatic heterocycles. The first kappa shape index (κ1) is 9.44. The standard InChI is InChI=1S/C9H16O/c1-2-3-4-5-6-7-8-9-10/h2,6-7,10H,1,3-5,8-9H2/b7-6+. The summed E-state index contributed by atoms with van der Waals surface area (Å²) < 4.78 is 0. The van der Waals surface area contributed by atoms with E-state index in [0.717, 1.165) is 19.3 Å². The quantitative estimate of drug-likeness (QED) is 0.443. The summed E-state index contributed by atoms with van der Waals surface area (Å²) in [4.78, 5) is 0. The smallest absolute Gasteiger partial charge is 0.0465 e. The number of aliphatic hydroxyl groups is 1. The summed E-state index contributed by atoms with van der Waals surface area (Å²) in [6, 6.07) is 0. The molecule has 0 bridgehead atoms. The second kappa shape index (κ2) is 8.44. The Hall–Kier alpha value is -0.560. The monoisotopic (exact) mass is 140 g/mol. The normalized spacial score (nSPS) is 10.5. The average molecular weight is 140 g/mol. The molecular weight excluding hydrogens is 124 g/mol. The van der Waals surface area contributed by atoms with Crippen LogP contribution in [0.2, 0.25) is 0 Å². The predicted octanol–water partition coefficient (Wildman–Crippen LogP) is 2.28. The van der Waals surface area contributed by atoms with Gasteiger partial charge in [-0.1, -0.05) is 18.2 Å². The molecular formula is C9H16O. The summed E-state index contributed by atoms with van der Waals surface area (Å²) in [5.74, 6) is 0. The molecule has 0 amide bonds.